The van der Waals surface area contributed by atoms with Crippen LogP contribution in [0.3, 0.4) is 0 Å². The number of anilines is 1. The summed E-state index contributed by atoms with van der Waals surface area (Å²) in [5.41, 5.74) is 1.38. The van der Waals surface area contributed by atoms with Gasteiger partial charge in [0.05, 0.1) is 33.4 Å². The maximum Gasteiger partial charge on any atom is 0.340 e. The van der Waals surface area contributed by atoms with Crippen LogP contribution in [0, 0.1) is 0 Å². The average Bonchev–Trinajstić information content (AvgIpc) is 3.08. The Morgan fingerprint density at radius 2 is 1.82 bits per heavy atom. The van der Waals surface area contributed by atoms with Crippen LogP contribution >= 0.6 is 0 Å². The lowest BCUT2D eigenvalue weighted by molar-refractivity contribution is 0.0459. The van der Waals surface area contributed by atoms with Gasteiger partial charge in [0.1, 0.15) is 12.4 Å². The molecular formula is C21H26N4O6S2. The van der Waals surface area contributed by atoms with Crippen LogP contribution in [0.4, 0.5) is 5.69 Å². The molecule has 0 amide bonds. The van der Waals surface area contributed by atoms with E-state index in [1.807, 2.05) is 11.5 Å². The highest BCUT2D eigenvalue weighted by molar-refractivity contribution is 7.92. The SMILES string of the molecule is CCCn1c(COC(=O)c2ccccc2NS(C)(=O)=O)nc2cc(S(=O)(=O)N(C)C)ccc21. The molecule has 1 N–H and O–H groups in total. The van der Waals surface area contributed by atoms with E-state index in [4.69, 9.17) is 4.74 Å². The molecule has 10 nitrogen and oxygen atoms in total. The number of sulfonamides is 2. The lowest BCUT2D eigenvalue weighted by Crippen LogP contribution is -2.22. The molecule has 0 aliphatic carbocycles. The van der Waals surface area contributed by atoms with Gasteiger partial charge in [-0.25, -0.2) is 30.9 Å². The fraction of sp³-hybridized carbons (Fsp3) is 0.333. The smallest absolute Gasteiger partial charge is 0.340 e. The zero-order valence-electron chi connectivity index (χ0n) is 18.8. The molecule has 0 radical (unpaired) electrons. The Bertz CT molecular complexity index is 1400. The topological polar surface area (TPSA) is 128 Å². The highest BCUT2D eigenvalue weighted by Gasteiger charge is 2.21. The number of hydrogen-bond donors (Lipinski definition) is 1. The standard InChI is InChI=1S/C21H26N4O6S2/c1-5-12-25-19-11-10-15(33(29,30)24(2)3)13-18(19)22-20(25)14-31-21(26)16-8-6-7-9-17(16)23-32(4,27)28/h6-11,13,23H,5,12,14H2,1-4H3. The molecule has 0 atom stereocenters. The minimum atomic E-state index is -3.62. The van der Waals surface area contributed by atoms with Crippen LogP contribution in [0.15, 0.2) is 47.4 Å². The van der Waals surface area contributed by atoms with Gasteiger partial charge in [0.2, 0.25) is 20.0 Å². The minimum absolute atomic E-state index is 0.0699. The van der Waals surface area contributed by atoms with Gasteiger partial charge >= 0.3 is 5.97 Å². The van der Waals surface area contributed by atoms with Crippen molar-refractivity contribution in [2.24, 2.45) is 0 Å². The predicted molar refractivity (Wildman–Crippen MR) is 125 cm³/mol. The van der Waals surface area contributed by atoms with Crippen molar-refractivity contribution in [1.29, 1.82) is 0 Å². The maximum absolute atomic E-state index is 12.7. The quantitative estimate of drug-likeness (QED) is 0.453. The minimum Gasteiger partial charge on any atom is -0.454 e. The zero-order valence-corrected chi connectivity index (χ0v) is 20.4. The van der Waals surface area contributed by atoms with Gasteiger partial charge in [-0.3, -0.25) is 4.72 Å². The Morgan fingerprint density at radius 3 is 2.45 bits per heavy atom. The van der Waals surface area contributed by atoms with E-state index in [9.17, 15) is 21.6 Å². The number of ether oxygens (including phenoxy) is 1. The van der Waals surface area contributed by atoms with Crippen molar-refractivity contribution in [2.75, 3.05) is 25.1 Å². The number of nitrogens with zero attached hydrogens (tertiary/aromatic N) is 3. The molecule has 12 heteroatoms. The Kier molecular flexibility index (Phi) is 7.10. The first kappa shape index (κ1) is 24.7. The number of hydrogen-bond acceptors (Lipinski definition) is 7. The van der Waals surface area contributed by atoms with E-state index >= 15 is 0 Å². The summed E-state index contributed by atoms with van der Waals surface area (Å²) in [5, 5.41) is 0. The first-order chi connectivity index (χ1) is 15.4. The Labute approximate surface area is 193 Å². The predicted octanol–water partition coefficient (Wildman–Crippen LogP) is 2.43. The summed E-state index contributed by atoms with van der Waals surface area (Å²) in [4.78, 5) is 17.3. The van der Waals surface area contributed by atoms with Crippen molar-refractivity contribution in [3.05, 3.63) is 53.9 Å². The molecule has 0 unspecified atom stereocenters. The molecule has 0 spiro atoms. The molecule has 0 saturated heterocycles. The van der Waals surface area contributed by atoms with Crippen molar-refractivity contribution >= 4 is 42.7 Å². The molecule has 3 aromatic rings. The summed E-state index contributed by atoms with van der Waals surface area (Å²) in [7, 11) is -4.29. The number of rotatable bonds is 9. The number of aryl methyl sites for hydroxylation is 1. The molecule has 178 valence electrons. The van der Waals surface area contributed by atoms with Gasteiger partial charge in [0.25, 0.3) is 0 Å². The average molecular weight is 495 g/mol. The first-order valence-electron chi connectivity index (χ1n) is 10.1. The van der Waals surface area contributed by atoms with Crippen LogP contribution in [-0.4, -0.2) is 57.0 Å². The molecule has 0 saturated carbocycles. The van der Waals surface area contributed by atoms with Gasteiger partial charge in [-0.05, 0) is 36.8 Å². The molecule has 1 heterocycles. The van der Waals surface area contributed by atoms with Gasteiger partial charge in [0.15, 0.2) is 0 Å². The molecule has 33 heavy (non-hydrogen) atoms. The normalized spacial score (nSPS) is 12.3. The number of carbonyl (C=O) groups is 1. The Morgan fingerprint density at radius 1 is 1.12 bits per heavy atom. The number of aromatic nitrogens is 2. The Hall–Kier alpha value is -2.96. The molecule has 2 aromatic carbocycles. The second-order valence-electron chi connectivity index (χ2n) is 7.61. The second kappa shape index (κ2) is 9.49. The molecular weight excluding hydrogens is 468 g/mol. The number of fused-ring (bicyclic) bond motifs is 1. The third kappa shape index (κ3) is 5.52. The van der Waals surface area contributed by atoms with E-state index in [0.717, 1.165) is 22.5 Å². The van der Waals surface area contributed by atoms with Crippen molar-refractivity contribution in [3.63, 3.8) is 0 Å². The van der Waals surface area contributed by atoms with E-state index in [0.29, 0.717) is 17.9 Å². The van der Waals surface area contributed by atoms with E-state index in [-0.39, 0.29) is 22.8 Å². The van der Waals surface area contributed by atoms with E-state index in [1.54, 1.807) is 18.2 Å². The van der Waals surface area contributed by atoms with Gasteiger partial charge in [-0.1, -0.05) is 19.1 Å². The highest BCUT2D eigenvalue weighted by atomic mass is 32.2. The fourth-order valence-corrected chi connectivity index (χ4v) is 4.77. The van der Waals surface area contributed by atoms with E-state index < -0.39 is 26.0 Å². The summed E-state index contributed by atoms with van der Waals surface area (Å²) in [5.74, 6) is -0.263. The fourth-order valence-electron chi connectivity index (χ4n) is 3.27. The van der Waals surface area contributed by atoms with Gasteiger partial charge in [-0.15, -0.1) is 0 Å². The van der Waals surface area contributed by atoms with Crippen LogP contribution < -0.4 is 4.72 Å². The molecule has 0 aliphatic rings. The molecule has 0 aliphatic heterocycles. The highest BCUT2D eigenvalue weighted by Crippen LogP contribution is 2.24. The monoisotopic (exact) mass is 494 g/mol. The zero-order chi connectivity index (χ0) is 24.4. The summed E-state index contributed by atoms with van der Waals surface area (Å²) >= 11 is 0. The molecule has 3 rings (SSSR count). The number of nitrogens with one attached hydrogen (secondary N) is 1. The number of imidazole rings is 1. The van der Waals surface area contributed by atoms with Gasteiger partial charge in [0, 0.05) is 20.6 Å². The molecule has 0 fully saturated rings. The van der Waals surface area contributed by atoms with Crippen molar-refractivity contribution < 1.29 is 26.4 Å². The summed E-state index contributed by atoms with van der Waals surface area (Å²) in [6.45, 7) is 2.41. The number of carbonyl (C=O) groups excluding carboxylic acids is 1. The van der Waals surface area contributed by atoms with Crippen LogP contribution in [-0.2, 0) is 37.9 Å². The van der Waals surface area contributed by atoms with Gasteiger partial charge < -0.3 is 9.30 Å². The lowest BCUT2D eigenvalue weighted by Gasteiger charge is -2.12. The van der Waals surface area contributed by atoms with Crippen LogP contribution in [0.25, 0.3) is 11.0 Å². The number of esters is 1. The van der Waals surface area contributed by atoms with Crippen molar-refractivity contribution in [3.8, 4) is 0 Å². The number of benzene rings is 2. The Balaban J connectivity index is 1.92. The third-order valence-corrected chi connectivity index (χ3v) is 7.20. The van der Waals surface area contributed by atoms with E-state index in [2.05, 4.69) is 9.71 Å². The third-order valence-electron chi connectivity index (χ3n) is 4.80. The lowest BCUT2D eigenvalue weighted by atomic mass is 10.2. The maximum atomic E-state index is 12.7. The van der Waals surface area contributed by atoms with Crippen molar-refractivity contribution in [2.45, 2.75) is 31.4 Å². The second-order valence-corrected chi connectivity index (χ2v) is 11.5. The van der Waals surface area contributed by atoms with Crippen LogP contribution in [0.5, 0.6) is 0 Å². The molecule has 1 aromatic heterocycles. The largest absolute Gasteiger partial charge is 0.454 e. The van der Waals surface area contributed by atoms with Gasteiger partial charge in [-0.2, -0.15) is 0 Å². The summed E-state index contributed by atoms with van der Waals surface area (Å²) < 4.78 is 58.9. The summed E-state index contributed by atoms with van der Waals surface area (Å²) in [6.07, 6.45) is 1.78. The van der Waals surface area contributed by atoms with E-state index in [1.165, 1.54) is 38.4 Å². The molecule has 0 bridgehead atoms. The van der Waals surface area contributed by atoms with Crippen LogP contribution in [0.2, 0.25) is 0 Å². The number of para-hydroxylation sites is 1. The summed E-state index contributed by atoms with van der Waals surface area (Å²) in [6, 6.07) is 10.8. The van der Waals surface area contributed by atoms with Crippen LogP contribution in [0.1, 0.15) is 29.5 Å². The first-order valence-corrected chi connectivity index (χ1v) is 13.4. The van der Waals surface area contributed by atoms with Crippen molar-refractivity contribution in [1.82, 2.24) is 13.9 Å².